The fourth-order valence-corrected chi connectivity index (χ4v) is 4.29. The predicted octanol–water partition coefficient (Wildman–Crippen LogP) is 1.89. The molecule has 1 unspecified atom stereocenters. The molecule has 6 heteroatoms. The van der Waals surface area contributed by atoms with Crippen molar-refractivity contribution < 1.29 is 9.59 Å². The van der Waals surface area contributed by atoms with Crippen LogP contribution in [0.4, 0.5) is 5.69 Å². The van der Waals surface area contributed by atoms with E-state index in [1.54, 1.807) is 0 Å². The molecule has 2 aliphatic rings. The Bertz CT molecular complexity index is 849. The van der Waals surface area contributed by atoms with Crippen LogP contribution < -0.4 is 15.5 Å². The summed E-state index contributed by atoms with van der Waals surface area (Å²) in [4.78, 5) is 26.1. The van der Waals surface area contributed by atoms with Gasteiger partial charge in [0.1, 0.15) is 0 Å². The number of amides is 2. The van der Waals surface area contributed by atoms with Crippen molar-refractivity contribution in [2.75, 3.05) is 25.0 Å². The maximum Gasteiger partial charge on any atom is 0.234 e. The standard InChI is InChI=1S/C20H26N4O2/c1-21-13-7-9-24(10-8-13)14-3-4-15-17(12-23(2)18(15)11-14)16-5-6-19(25)22-20(16)26/h3-4,11-13,16,21H,5-10H2,1-2H3,(H,22,25,26). The molecule has 6 nitrogen and oxygen atoms in total. The first-order valence-corrected chi connectivity index (χ1v) is 9.41. The van der Waals surface area contributed by atoms with Gasteiger partial charge in [0.25, 0.3) is 0 Å². The van der Waals surface area contributed by atoms with Crippen LogP contribution in [-0.4, -0.2) is 42.6 Å². The molecule has 26 heavy (non-hydrogen) atoms. The highest BCUT2D eigenvalue weighted by molar-refractivity contribution is 6.03. The minimum atomic E-state index is -0.242. The van der Waals surface area contributed by atoms with Crippen molar-refractivity contribution in [1.82, 2.24) is 15.2 Å². The zero-order chi connectivity index (χ0) is 18.3. The molecule has 0 aliphatic carbocycles. The summed E-state index contributed by atoms with van der Waals surface area (Å²) >= 11 is 0. The Hall–Kier alpha value is -2.34. The van der Waals surface area contributed by atoms with Crippen LogP contribution in [-0.2, 0) is 16.6 Å². The summed E-state index contributed by atoms with van der Waals surface area (Å²) in [5, 5.41) is 6.95. The zero-order valence-corrected chi connectivity index (χ0v) is 15.4. The number of aryl methyl sites for hydroxylation is 1. The second-order valence-electron chi connectivity index (χ2n) is 7.45. The van der Waals surface area contributed by atoms with Gasteiger partial charge in [-0.2, -0.15) is 0 Å². The topological polar surface area (TPSA) is 66.4 Å². The Labute approximate surface area is 153 Å². The molecule has 0 bridgehead atoms. The third kappa shape index (κ3) is 2.98. The van der Waals surface area contributed by atoms with E-state index < -0.39 is 0 Å². The number of hydrogen-bond donors (Lipinski definition) is 2. The minimum absolute atomic E-state index is 0.168. The molecule has 4 rings (SSSR count). The van der Waals surface area contributed by atoms with Gasteiger partial charge < -0.3 is 14.8 Å². The first-order chi connectivity index (χ1) is 12.6. The summed E-state index contributed by atoms with van der Waals surface area (Å²) < 4.78 is 2.10. The van der Waals surface area contributed by atoms with Gasteiger partial charge >= 0.3 is 0 Å². The lowest BCUT2D eigenvalue weighted by atomic mass is 9.90. The van der Waals surface area contributed by atoms with E-state index in [0.717, 1.165) is 42.4 Å². The summed E-state index contributed by atoms with van der Waals surface area (Å²) in [6.07, 6.45) is 5.35. The van der Waals surface area contributed by atoms with Crippen LogP contribution >= 0.6 is 0 Å². The number of nitrogens with zero attached hydrogens (tertiary/aromatic N) is 2. The zero-order valence-electron chi connectivity index (χ0n) is 15.4. The number of hydrogen-bond acceptors (Lipinski definition) is 4. The van der Waals surface area contributed by atoms with Crippen molar-refractivity contribution in [1.29, 1.82) is 0 Å². The highest BCUT2D eigenvalue weighted by Gasteiger charge is 2.30. The molecule has 1 aromatic carbocycles. The van der Waals surface area contributed by atoms with E-state index in [9.17, 15) is 9.59 Å². The van der Waals surface area contributed by atoms with Crippen molar-refractivity contribution >= 4 is 28.4 Å². The Morgan fingerprint density at radius 3 is 2.62 bits per heavy atom. The van der Waals surface area contributed by atoms with Crippen LogP contribution in [0.3, 0.4) is 0 Å². The van der Waals surface area contributed by atoms with Crippen LogP contribution in [0.2, 0.25) is 0 Å². The largest absolute Gasteiger partial charge is 0.371 e. The highest BCUT2D eigenvalue weighted by atomic mass is 16.2. The molecule has 0 spiro atoms. The Kier molecular flexibility index (Phi) is 4.44. The molecule has 1 aromatic heterocycles. The molecule has 2 aliphatic heterocycles. The van der Waals surface area contributed by atoms with Crippen molar-refractivity contribution in [2.45, 2.75) is 37.6 Å². The van der Waals surface area contributed by atoms with Gasteiger partial charge in [-0.15, -0.1) is 0 Å². The molecule has 138 valence electrons. The summed E-state index contributed by atoms with van der Waals surface area (Å²) in [6.45, 7) is 2.11. The first kappa shape index (κ1) is 17.1. The number of rotatable bonds is 3. The molecule has 2 N–H and O–H groups in total. The number of piperidine rings is 2. The van der Waals surface area contributed by atoms with Crippen LogP contribution in [0.5, 0.6) is 0 Å². The average Bonchev–Trinajstić information content (AvgIpc) is 2.98. The molecule has 2 fully saturated rings. The monoisotopic (exact) mass is 354 g/mol. The van der Waals surface area contributed by atoms with Gasteiger partial charge in [0, 0.05) is 49.9 Å². The molecule has 1 atom stereocenters. The second kappa shape index (κ2) is 6.76. The van der Waals surface area contributed by atoms with E-state index in [-0.39, 0.29) is 17.7 Å². The van der Waals surface area contributed by atoms with Gasteiger partial charge in [-0.3, -0.25) is 14.9 Å². The van der Waals surface area contributed by atoms with Gasteiger partial charge in [-0.05, 0) is 44.0 Å². The lowest BCUT2D eigenvalue weighted by molar-refractivity contribution is -0.134. The van der Waals surface area contributed by atoms with E-state index in [0.29, 0.717) is 18.9 Å². The molecule has 2 saturated heterocycles. The lowest BCUT2D eigenvalue weighted by Crippen LogP contribution is -2.41. The molecular weight excluding hydrogens is 328 g/mol. The van der Waals surface area contributed by atoms with E-state index in [4.69, 9.17) is 0 Å². The van der Waals surface area contributed by atoms with Crippen molar-refractivity contribution in [3.05, 3.63) is 30.0 Å². The van der Waals surface area contributed by atoms with Gasteiger partial charge in [0.05, 0.1) is 11.4 Å². The van der Waals surface area contributed by atoms with Crippen LogP contribution in [0, 0.1) is 0 Å². The quantitative estimate of drug-likeness (QED) is 0.826. The molecule has 2 aromatic rings. The Morgan fingerprint density at radius 1 is 1.15 bits per heavy atom. The summed E-state index contributed by atoms with van der Waals surface area (Å²) in [5.74, 6) is -0.584. The van der Waals surface area contributed by atoms with Gasteiger partial charge in [0.2, 0.25) is 11.8 Å². The lowest BCUT2D eigenvalue weighted by Gasteiger charge is -2.33. The highest BCUT2D eigenvalue weighted by Crippen LogP contribution is 2.34. The van der Waals surface area contributed by atoms with Crippen molar-refractivity contribution in [2.24, 2.45) is 7.05 Å². The van der Waals surface area contributed by atoms with Gasteiger partial charge in [-0.1, -0.05) is 6.07 Å². The summed E-state index contributed by atoms with van der Waals surface area (Å²) in [7, 11) is 4.06. The van der Waals surface area contributed by atoms with E-state index >= 15 is 0 Å². The maximum absolute atomic E-state index is 12.3. The first-order valence-electron chi connectivity index (χ1n) is 9.41. The second-order valence-corrected chi connectivity index (χ2v) is 7.45. The minimum Gasteiger partial charge on any atom is -0.371 e. The van der Waals surface area contributed by atoms with E-state index in [1.807, 2.05) is 20.3 Å². The molecule has 3 heterocycles. The smallest absolute Gasteiger partial charge is 0.234 e. The molecular formula is C20H26N4O2. The fraction of sp³-hybridized carbons (Fsp3) is 0.500. The Morgan fingerprint density at radius 2 is 1.92 bits per heavy atom. The summed E-state index contributed by atoms with van der Waals surface area (Å²) in [6, 6.07) is 7.14. The molecule has 0 saturated carbocycles. The fourth-order valence-electron chi connectivity index (χ4n) is 4.29. The number of carbonyl (C=O) groups is 2. The van der Waals surface area contributed by atoms with Crippen LogP contribution in [0.1, 0.15) is 37.2 Å². The number of anilines is 1. The van der Waals surface area contributed by atoms with Crippen molar-refractivity contribution in [3.63, 3.8) is 0 Å². The average molecular weight is 354 g/mol. The third-order valence-electron chi connectivity index (χ3n) is 5.89. The number of benzene rings is 1. The molecule has 2 amide bonds. The maximum atomic E-state index is 12.3. The van der Waals surface area contributed by atoms with Crippen LogP contribution in [0.15, 0.2) is 24.4 Å². The number of imide groups is 1. The number of fused-ring (bicyclic) bond motifs is 1. The van der Waals surface area contributed by atoms with Crippen molar-refractivity contribution in [3.8, 4) is 0 Å². The third-order valence-corrected chi connectivity index (χ3v) is 5.89. The van der Waals surface area contributed by atoms with Gasteiger partial charge in [0.15, 0.2) is 0 Å². The number of aromatic nitrogens is 1. The Balaban J connectivity index is 1.63. The number of carbonyl (C=O) groups excluding carboxylic acids is 2. The summed E-state index contributed by atoms with van der Waals surface area (Å²) in [5.41, 5.74) is 3.40. The predicted molar refractivity (Wildman–Crippen MR) is 102 cm³/mol. The number of nitrogens with one attached hydrogen (secondary N) is 2. The van der Waals surface area contributed by atoms with E-state index in [1.165, 1.54) is 5.69 Å². The van der Waals surface area contributed by atoms with Crippen LogP contribution in [0.25, 0.3) is 10.9 Å². The van der Waals surface area contributed by atoms with Gasteiger partial charge in [-0.25, -0.2) is 0 Å². The normalized spacial score (nSPS) is 22.1. The SMILES string of the molecule is CNC1CCN(c2ccc3c(C4CCC(=O)NC4=O)cn(C)c3c2)CC1. The van der Waals surface area contributed by atoms with E-state index in [2.05, 4.69) is 38.3 Å². The molecule has 0 radical (unpaired) electrons.